The third-order valence-electron chi connectivity index (χ3n) is 6.45. The van der Waals surface area contributed by atoms with Gasteiger partial charge in [0.15, 0.2) is 2.14 Å². The highest BCUT2D eigenvalue weighted by Crippen LogP contribution is 2.69. The Hall–Kier alpha value is 2.16. The second-order valence-electron chi connectivity index (χ2n) is 9.14. The molecule has 0 unspecified atom stereocenters. The van der Waals surface area contributed by atoms with Crippen molar-refractivity contribution in [2.45, 2.75) is 43.9 Å². The first-order valence-electron chi connectivity index (χ1n) is 12.3. The Kier molecular flexibility index (Phi) is 14.1. The van der Waals surface area contributed by atoms with Crippen molar-refractivity contribution in [3.63, 3.8) is 0 Å². The van der Waals surface area contributed by atoms with Crippen molar-refractivity contribution in [2.24, 2.45) is 0 Å². The van der Waals surface area contributed by atoms with Gasteiger partial charge in [0, 0.05) is 6.61 Å². The van der Waals surface area contributed by atoms with E-state index in [1.165, 1.54) is 15.6 Å². The third kappa shape index (κ3) is 8.45. The monoisotopic (exact) mass is 1120 g/mol. The van der Waals surface area contributed by atoms with Gasteiger partial charge in [-0.05, 0) is 28.4 Å². The molecule has 0 N–H and O–H groups in total. The number of benzene rings is 3. The van der Waals surface area contributed by atoms with Crippen molar-refractivity contribution in [3.05, 3.63) is 91.0 Å². The summed E-state index contributed by atoms with van der Waals surface area (Å²) in [6.07, 6.45) is 5.09. The molecule has 0 spiro atoms. The number of alkyl halides is 9. The Balaban J connectivity index is 1.67. The van der Waals surface area contributed by atoms with Gasteiger partial charge in [-0.25, -0.2) is 0 Å². The first-order chi connectivity index (χ1) is 18.3. The van der Waals surface area contributed by atoms with Crippen molar-refractivity contribution in [2.75, 3.05) is 6.61 Å². The van der Waals surface area contributed by atoms with E-state index in [1.807, 2.05) is 0 Å². The molecule has 39 heavy (non-hydrogen) atoms. The van der Waals surface area contributed by atoms with E-state index >= 15 is 0 Å². The van der Waals surface area contributed by atoms with Crippen LogP contribution in [0, 0.1) is 0 Å². The first kappa shape index (κ1) is 35.6. The van der Waals surface area contributed by atoms with E-state index in [0.29, 0.717) is 6.61 Å². The number of hydrogen-bond acceptors (Lipinski definition) is 1. The Morgan fingerprint density at radius 3 is 1.26 bits per heavy atom. The molecule has 0 aliphatic rings. The quantitative estimate of drug-likeness (QED) is 0.0717. The van der Waals surface area contributed by atoms with Crippen LogP contribution in [0.5, 0.6) is 0 Å². The summed E-state index contributed by atoms with van der Waals surface area (Å²) < 4.78 is 4.71. The lowest BCUT2D eigenvalue weighted by Gasteiger charge is -2.47. The lowest BCUT2D eigenvalue weighted by Crippen LogP contribution is -2.69. The molecule has 0 aliphatic carbocycles. The van der Waals surface area contributed by atoms with E-state index in [1.54, 1.807) is 0 Å². The minimum atomic E-state index is -2.64. The molecule has 0 saturated heterocycles. The molecule has 0 heterocycles. The van der Waals surface area contributed by atoms with Gasteiger partial charge in [-0.15, -0.1) is 0 Å². The Labute approximate surface area is 309 Å². The van der Waals surface area contributed by atoms with Crippen LogP contribution in [0.4, 0.5) is 0 Å². The average molecular weight is 1130 g/mol. The van der Waals surface area contributed by atoms with Crippen LogP contribution in [0.1, 0.15) is 32.1 Å². The second-order valence-corrected chi connectivity index (χ2v) is 29.9. The van der Waals surface area contributed by atoms with E-state index in [0.717, 1.165) is 32.1 Å². The van der Waals surface area contributed by atoms with Crippen LogP contribution < -0.4 is 15.6 Å². The number of rotatable bonds is 13. The van der Waals surface area contributed by atoms with E-state index in [-0.39, 0.29) is 0 Å². The summed E-state index contributed by atoms with van der Waals surface area (Å²) in [4.78, 5) is 0. The maximum atomic E-state index is 7.05. The van der Waals surface area contributed by atoms with Gasteiger partial charge in [0.2, 0.25) is 0 Å². The molecular formula is C28H27Br9OSi. The molecule has 0 amide bonds. The fraction of sp³-hybridized carbons (Fsp3) is 0.357. The predicted molar refractivity (Wildman–Crippen MR) is 204 cm³/mol. The molecular weight excluding hydrogens is 1100 g/mol. The van der Waals surface area contributed by atoms with Crippen LogP contribution >= 0.6 is 143 Å². The van der Waals surface area contributed by atoms with Crippen LogP contribution in [0.2, 0.25) is 0 Å². The summed E-state index contributed by atoms with van der Waals surface area (Å²) >= 11 is 34.0. The highest BCUT2D eigenvalue weighted by molar-refractivity contribution is 9.42. The largest absolute Gasteiger partial charge is 0.404 e. The highest BCUT2D eigenvalue weighted by Gasteiger charge is 2.64. The van der Waals surface area contributed by atoms with Crippen molar-refractivity contribution in [3.8, 4) is 0 Å². The molecule has 11 heteroatoms. The van der Waals surface area contributed by atoms with Gasteiger partial charge in [0.25, 0.3) is 8.32 Å². The lowest BCUT2D eigenvalue weighted by atomic mass is 10.1. The molecule has 0 atom stereocenters. The Morgan fingerprint density at radius 1 is 0.487 bits per heavy atom. The molecule has 1 nitrogen and oxygen atoms in total. The molecule has 0 aliphatic heterocycles. The van der Waals surface area contributed by atoms with Gasteiger partial charge in [0.05, 0.1) is 0 Å². The van der Waals surface area contributed by atoms with Crippen LogP contribution in [0.25, 0.3) is 0 Å². The maximum Gasteiger partial charge on any atom is 0.288 e. The molecule has 212 valence electrons. The molecule has 3 rings (SSSR count). The fourth-order valence-electron chi connectivity index (χ4n) is 4.36. The van der Waals surface area contributed by atoms with Gasteiger partial charge in [-0.2, -0.15) is 0 Å². The summed E-state index contributed by atoms with van der Waals surface area (Å²) in [6.45, 7) is 0.713. The summed E-state index contributed by atoms with van der Waals surface area (Å²) in [5.74, 6) is 0. The number of hydrogen-bond donors (Lipinski definition) is 0. The number of halogens is 9. The van der Waals surface area contributed by atoms with Crippen LogP contribution in [0.15, 0.2) is 91.0 Å². The molecule has 0 aromatic heterocycles. The normalized spacial score (nSPS) is 13.5. The zero-order valence-electron chi connectivity index (χ0n) is 20.7. The Bertz CT molecular complexity index is 1060. The zero-order chi connectivity index (χ0) is 28.8. The van der Waals surface area contributed by atoms with Gasteiger partial charge in [-0.3, -0.25) is 0 Å². The van der Waals surface area contributed by atoms with Crippen LogP contribution in [-0.4, -0.2) is 26.8 Å². The summed E-state index contributed by atoms with van der Waals surface area (Å²) in [7, 11) is -2.64. The van der Waals surface area contributed by atoms with E-state index in [4.69, 9.17) is 4.43 Å². The van der Waals surface area contributed by atoms with Crippen LogP contribution in [-0.2, 0) is 4.43 Å². The predicted octanol–water partition coefficient (Wildman–Crippen LogP) is 10.9. The fourth-order valence-corrected chi connectivity index (χ4v) is 14.7. The third-order valence-corrected chi connectivity index (χ3v) is 26.7. The Morgan fingerprint density at radius 2 is 0.872 bits per heavy atom. The van der Waals surface area contributed by atoms with Crippen molar-refractivity contribution < 1.29 is 4.43 Å². The van der Waals surface area contributed by atoms with Crippen molar-refractivity contribution >= 4 is 167 Å². The standard InChI is InChI=1S/C28H27Br9OSi/c29-25(30,26(31,32)27(33,34)28(35,36)37)20-12-1-2-13-21-38-39(22-14-6-3-7-15-22,23-16-8-4-9-17-23)24-18-10-5-11-19-24/h3-11,14-19H,1-2,12-13,20-21H2. The SMILES string of the molecule is BrC(Br)(Br)C(Br)(Br)C(Br)(Br)C(Br)(Br)CCCCCCO[Si](c1ccccc1)(c1ccccc1)c1ccccc1. The molecule has 0 bridgehead atoms. The van der Waals surface area contributed by atoms with E-state index < -0.39 is 20.2 Å². The summed E-state index contributed by atoms with van der Waals surface area (Å²) in [5, 5.41) is 3.81. The molecule has 0 saturated carbocycles. The molecule has 0 fully saturated rings. The van der Waals surface area contributed by atoms with Crippen molar-refractivity contribution in [1.29, 1.82) is 0 Å². The topological polar surface area (TPSA) is 9.23 Å². The van der Waals surface area contributed by atoms with E-state index in [9.17, 15) is 0 Å². The minimum absolute atomic E-state index is 0.451. The van der Waals surface area contributed by atoms with Gasteiger partial charge < -0.3 is 4.43 Å². The highest BCUT2D eigenvalue weighted by atomic mass is 80.0. The average Bonchev–Trinajstić information content (AvgIpc) is 2.91. The van der Waals surface area contributed by atoms with Crippen LogP contribution in [0.3, 0.4) is 0 Å². The summed E-state index contributed by atoms with van der Waals surface area (Å²) in [6, 6.07) is 32.3. The van der Waals surface area contributed by atoms with Gasteiger partial charge in [0.1, 0.15) is 9.70 Å². The molecule has 3 aromatic carbocycles. The molecule has 3 aromatic rings. The van der Waals surface area contributed by atoms with Gasteiger partial charge in [-0.1, -0.05) is 254 Å². The molecule has 0 radical (unpaired) electrons. The second kappa shape index (κ2) is 15.4. The maximum absolute atomic E-state index is 7.05. The van der Waals surface area contributed by atoms with E-state index in [2.05, 4.69) is 234 Å². The smallest absolute Gasteiger partial charge is 0.288 e. The minimum Gasteiger partial charge on any atom is -0.404 e. The van der Waals surface area contributed by atoms with Gasteiger partial charge >= 0.3 is 0 Å². The zero-order valence-corrected chi connectivity index (χ0v) is 36.0. The van der Waals surface area contributed by atoms with Crippen molar-refractivity contribution in [1.82, 2.24) is 0 Å². The lowest BCUT2D eigenvalue weighted by molar-refractivity contribution is 0.309. The number of unbranched alkanes of at least 4 members (excludes halogenated alkanes) is 3. The first-order valence-corrected chi connectivity index (χ1v) is 21.3. The summed E-state index contributed by atoms with van der Waals surface area (Å²) in [5.41, 5.74) is 0.